The molecule has 0 aliphatic rings. The molecule has 10 heteroatoms. The van der Waals surface area contributed by atoms with Gasteiger partial charge in [-0.1, -0.05) is 12.1 Å². The molecule has 2 aromatic rings. The first-order valence-corrected chi connectivity index (χ1v) is 8.47. The van der Waals surface area contributed by atoms with Crippen LogP contribution in [0.25, 0.3) is 0 Å². The smallest absolute Gasteiger partial charge is 0.484 e. The van der Waals surface area contributed by atoms with Crippen molar-refractivity contribution < 1.29 is 27.4 Å². The van der Waals surface area contributed by atoms with Crippen LogP contribution in [-0.2, 0) is 11.3 Å². The molecular weight excluding hydrogens is 389 g/mol. The van der Waals surface area contributed by atoms with Crippen LogP contribution in [-0.4, -0.2) is 43.8 Å². The summed E-state index contributed by atoms with van der Waals surface area (Å²) < 4.78 is 45.7. The van der Waals surface area contributed by atoms with E-state index < -0.39 is 6.36 Å². The molecule has 0 aromatic heterocycles. The third-order valence-electron chi connectivity index (χ3n) is 3.55. The van der Waals surface area contributed by atoms with Crippen molar-refractivity contribution in [3.8, 4) is 11.5 Å². The highest BCUT2D eigenvalue weighted by Gasteiger charge is 2.30. The average molecular weight is 410 g/mol. The van der Waals surface area contributed by atoms with Crippen LogP contribution in [0, 0.1) is 0 Å². The maximum atomic E-state index is 12.2. The second-order valence-electron chi connectivity index (χ2n) is 6.12. The fourth-order valence-electron chi connectivity index (χ4n) is 2.11. The Hall–Kier alpha value is -3.43. The minimum Gasteiger partial charge on any atom is -0.484 e. The number of nitrogens with one attached hydrogen (secondary N) is 1. The number of alkyl halides is 3. The van der Waals surface area contributed by atoms with Crippen molar-refractivity contribution in [3.63, 3.8) is 0 Å². The van der Waals surface area contributed by atoms with Gasteiger partial charge in [0.25, 0.3) is 5.91 Å². The highest BCUT2D eigenvalue weighted by atomic mass is 19.4. The van der Waals surface area contributed by atoms with Crippen LogP contribution >= 0.6 is 0 Å². The Bertz CT molecular complexity index is 853. The number of benzene rings is 2. The zero-order valence-corrected chi connectivity index (χ0v) is 15.9. The van der Waals surface area contributed by atoms with E-state index >= 15 is 0 Å². The van der Waals surface area contributed by atoms with E-state index in [1.165, 1.54) is 29.2 Å². The fraction of sp³-hybridized carbons (Fsp3) is 0.263. The Kier molecular flexibility index (Phi) is 7.29. The number of hydrogen-bond donors (Lipinski definition) is 2. The number of likely N-dealkylation sites (N-methyl/N-ethyl adjacent to an activating group) is 1. The second-order valence-corrected chi connectivity index (χ2v) is 6.12. The van der Waals surface area contributed by atoms with Crippen molar-refractivity contribution in [2.45, 2.75) is 12.9 Å². The number of guanidine groups is 1. The van der Waals surface area contributed by atoms with Crippen molar-refractivity contribution in [1.82, 2.24) is 4.90 Å². The van der Waals surface area contributed by atoms with Crippen LogP contribution in [0.15, 0.2) is 53.5 Å². The molecule has 0 unspecified atom stereocenters. The van der Waals surface area contributed by atoms with Gasteiger partial charge in [0.1, 0.15) is 11.5 Å². The number of ether oxygens (including phenoxy) is 2. The molecule has 3 N–H and O–H groups in total. The summed E-state index contributed by atoms with van der Waals surface area (Å²) in [6.45, 7) is 0.171. The van der Waals surface area contributed by atoms with Crippen LogP contribution in [0.4, 0.5) is 18.9 Å². The van der Waals surface area contributed by atoms with Crippen molar-refractivity contribution >= 4 is 17.6 Å². The third kappa shape index (κ3) is 7.99. The molecule has 0 radical (unpaired) electrons. The van der Waals surface area contributed by atoms with Crippen LogP contribution in [0.5, 0.6) is 11.5 Å². The highest BCUT2D eigenvalue weighted by Crippen LogP contribution is 2.23. The van der Waals surface area contributed by atoms with E-state index in [4.69, 9.17) is 10.5 Å². The van der Waals surface area contributed by atoms with Gasteiger partial charge in [-0.05, 0) is 42.0 Å². The number of halogens is 3. The predicted molar refractivity (Wildman–Crippen MR) is 103 cm³/mol. The largest absolute Gasteiger partial charge is 0.573 e. The molecule has 2 aromatic carbocycles. The molecule has 0 heterocycles. The summed E-state index contributed by atoms with van der Waals surface area (Å²) in [4.78, 5) is 17.2. The Morgan fingerprint density at radius 1 is 1.14 bits per heavy atom. The van der Waals surface area contributed by atoms with Crippen molar-refractivity contribution in [1.29, 1.82) is 0 Å². The topological polar surface area (TPSA) is 89.2 Å². The minimum absolute atomic E-state index is 0.0720. The standard InChI is InChI=1S/C19H21F3N4O3/c1-26(2)17(27)12-28-16-5-3-4-13(10-16)11-24-18(23)25-14-6-8-15(9-7-14)29-19(20,21)22/h3-10H,11-12H2,1-2H3,(H3,23,24,25). The number of hydrogen-bond acceptors (Lipinski definition) is 4. The van der Waals surface area contributed by atoms with Gasteiger partial charge in [-0.15, -0.1) is 13.2 Å². The fourth-order valence-corrected chi connectivity index (χ4v) is 2.11. The molecule has 1 amide bonds. The quantitative estimate of drug-likeness (QED) is 0.541. The molecule has 0 saturated carbocycles. The average Bonchev–Trinajstić information content (AvgIpc) is 2.65. The van der Waals surface area contributed by atoms with E-state index in [0.717, 1.165) is 5.56 Å². The molecule has 0 spiro atoms. The van der Waals surface area contributed by atoms with Gasteiger partial charge in [0.15, 0.2) is 12.6 Å². The van der Waals surface area contributed by atoms with Crippen LogP contribution in [0.1, 0.15) is 5.56 Å². The first kappa shape index (κ1) is 21.9. The number of nitrogens with two attached hydrogens (primary N) is 1. The lowest BCUT2D eigenvalue weighted by Gasteiger charge is -2.12. The highest BCUT2D eigenvalue weighted by molar-refractivity contribution is 5.92. The molecule has 0 saturated heterocycles. The maximum absolute atomic E-state index is 12.2. The molecule has 29 heavy (non-hydrogen) atoms. The van der Waals surface area contributed by atoms with E-state index in [1.54, 1.807) is 32.3 Å². The normalized spacial score (nSPS) is 11.7. The summed E-state index contributed by atoms with van der Waals surface area (Å²) in [6, 6.07) is 12.2. The molecule has 0 fully saturated rings. The molecule has 2 rings (SSSR count). The third-order valence-corrected chi connectivity index (χ3v) is 3.55. The summed E-state index contributed by atoms with van der Waals surface area (Å²) in [5, 5.41) is 2.78. The zero-order valence-electron chi connectivity index (χ0n) is 15.9. The van der Waals surface area contributed by atoms with Crippen LogP contribution in [0.2, 0.25) is 0 Å². The number of rotatable bonds is 7. The van der Waals surface area contributed by atoms with Crippen molar-refractivity contribution in [2.24, 2.45) is 10.7 Å². The Morgan fingerprint density at radius 2 is 1.83 bits per heavy atom. The van der Waals surface area contributed by atoms with Gasteiger partial charge in [0.05, 0.1) is 6.54 Å². The molecular formula is C19H21F3N4O3. The van der Waals surface area contributed by atoms with Gasteiger partial charge in [-0.25, -0.2) is 4.99 Å². The summed E-state index contributed by atoms with van der Waals surface area (Å²) in [5.41, 5.74) is 7.07. The van der Waals surface area contributed by atoms with Crippen LogP contribution < -0.4 is 20.5 Å². The predicted octanol–water partition coefficient (Wildman–Crippen LogP) is 2.98. The molecule has 0 atom stereocenters. The van der Waals surface area contributed by atoms with Crippen molar-refractivity contribution in [2.75, 3.05) is 26.0 Å². The van der Waals surface area contributed by atoms with Gasteiger partial charge < -0.3 is 25.4 Å². The first-order chi connectivity index (χ1) is 13.6. The lowest BCUT2D eigenvalue weighted by atomic mass is 10.2. The molecule has 7 nitrogen and oxygen atoms in total. The number of amides is 1. The lowest BCUT2D eigenvalue weighted by molar-refractivity contribution is -0.274. The van der Waals surface area contributed by atoms with E-state index in [0.29, 0.717) is 11.4 Å². The van der Waals surface area contributed by atoms with Crippen LogP contribution in [0.3, 0.4) is 0 Å². The van der Waals surface area contributed by atoms with Gasteiger partial charge >= 0.3 is 6.36 Å². The molecule has 0 bridgehead atoms. The lowest BCUT2D eigenvalue weighted by Crippen LogP contribution is -2.27. The summed E-state index contributed by atoms with van der Waals surface area (Å²) >= 11 is 0. The number of anilines is 1. The summed E-state index contributed by atoms with van der Waals surface area (Å²) in [7, 11) is 3.28. The van der Waals surface area contributed by atoms with Crippen molar-refractivity contribution in [3.05, 3.63) is 54.1 Å². The molecule has 156 valence electrons. The number of carbonyl (C=O) groups is 1. The molecule has 0 aliphatic carbocycles. The Balaban J connectivity index is 1.91. The molecule has 0 aliphatic heterocycles. The van der Waals surface area contributed by atoms with E-state index in [2.05, 4.69) is 15.0 Å². The van der Waals surface area contributed by atoms with Gasteiger partial charge in [-0.3, -0.25) is 4.79 Å². The van der Waals surface area contributed by atoms with Gasteiger partial charge in [0.2, 0.25) is 0 Å². The SMILES string of the molecule is CN(C)C(=O)COc1cccc(CN=C(N)Nc2ccc(OC(F)(F)F)cc2)c1. The Morgan fingerprint density at radius 3 is 2.45 bits per heavy atom. The number of nitrogens with zero attached hydrogens (tertiary/aromatic N) is 2. The summed E-state index contributed by atoms with van der Waals surface area (Å²) in [5.74, 6) is 0.125. The van der Waals surface area contributed by atoms with E-state index in [-0.39, 0.29) is 30.8 Å². The van der Waals surface area contributed by atoms with E-state index in [1.807, 2.05) is 6.07 Å². The monoisotopic (exact) mass is 410 g/mol. The second kappa shape index (κ2) is 9.67. The maximum Gasteiger partial charge on any atom is 0.573 e. The van der Waals surface area contributed by atoms with Gasteiger partial charge in [-0.2, -0.15) is 0 Å². The van der Waals surface area contributed by atoms with Gasteiger partial charge in [0, 0.05) is 19.8 Å². The minimum atomic E-state index is -4.74. The first-order valence-electron chi connectivity index (χ1n) is 8.47. The number of carbonyl (C=O) groups excluding carboxylic acids is 1. The van der Waals surface area contributed by atoms with E-state index in [9.17, 15) is 18.0 Å². The zero-order chi connectivity index (χ0) is 21.4. The number of aliphatic imine (C=N–C) groups is 1. The summed E-state index contributed by atoms with van der Waals surface area (Å²) in [6.07, 6.45) is -4.74. The Labute approximate surface area is 165 Å².